The van der Waals surface area contributed by atoms with Crippen molar-refractivity contribution < 1.29 is 9.59 Å². The highest BCUT2D eigenvalue weighted by Gasteiger charge is 2.32. The Balaban J connectivity index is 1.33. The number of aryl methyl sites for hydroxylation is 1. The van der Waals surface area contributed by atoms with Gasteiger partial charge in [-0.3, -0.25) is 14.5 Å². The molecule has 1 aromatic carbocycles. The Morgan fingerprint density at radius 3 is 2.86 bits per heavy atom. The lowest BCUT2D eigenvalue weighted by Crippen LogP contribution is -2.53. The van der Waals surface area contributed by atoms with Crippen LogP contribution < -0.4 is 15.5 Å². The summed E-state index contributed by atoms with van der Waals surface area (Å²) in [7, 11) is 0. The molecule has 6 heteroatoms. The number of carbonyl (C=O) groups excluding carboxylic acids is 2. The highest BCUT2D eigenvalue weighted by Crippen LogP contribution is 2.28. The standard InChI is InChI=1S/C23H34N4O2/c1-17(23(29)27-14-6-9-19-8-2-3-11-21(19)27)26-13-5-7-18(16-26)15-25-22(28)20-10-4-12-24-20/h2-3,8,11,17-18,20,24H,4-7,9-10,12-16H2,1H3,(H,25,28). The first-order valence-electron chi connectivity index (χ1n) is 11.3. The van der Waals surface area contributed by atoms with E-state index in [1.165, 1.54) is 5.56 Å². The van der Waals surface area contributed by atoms with Crippen molar-refractivity contribution in [2.45, 2.75) is 57.5 Å². The number of hydrogen-bond donors (Lipinski definition) is 2. The molecule has 0 radical (unpaired) electrons. The minimum Gasteiger partial charge on any atom is -0.354 e. The van der Waals surface area contributed by atoms with Crippen molar-refractivity contribution in [3.63, 3.8) is 0 Å². The van der Waals surface area contributed by atoms with E-state index in [9.17, 15) is 9.59 Å². The molecular weight excluding hydrogens is 364 g/mol. The van der Waals surface area contributed by atoms with Crippen LogP contribution in [-0.4, -0.2) is 61.5 Å². The molecule has 0 aromatic heterocycles. The molecule has 6 nitrogen and oxygen atoms in total. The second-order valence-electron chi connectivity index (χ2n) is 8.80. The van der Waals surface area contributed by atoms with Crippen LogP contribution in [0.15, 0.2) is 24.3 Å². The number of para-hydroxylation sites is 1. The van der Waals surface area contributed by atoms with Gasteiger partial charge in [0.15, 0.2) is 0 Å². The van der Waals surface area contributed by atoms with Crippen molar-refractivity contribution >= 4 is 17.5 Å². The molecule has 2 N–H and O–H groups in total. The lowest BCUT2D eigenvalue weighted by molar-refractivity contribution is -0.125. The summed E-state index contributed by atoms with van der Waals surface area (Å²) in [5.74, 6) is 0.753. The van der Waals surface area contributed by atoms with Gasteiger partial charge in [0, 0.05) is 25.3 Å². The minimum atomic E-state index is -0.129. The van der Waals surface area contributed by atoms with Crippen molar-refractivity contribution in [2.75, 3.05) is 37.6 Å². The average molecular weight is 399 g/mol. The molecule has 158 valence electrons. The van der Waals surface area contributed by atoms with Crippen molar-refractivity contribution in [3.8, 4) is 0 Å². The smallest absolute Gasteiger partial charge is 0.244 e. The van der Waals surface area contributed by atoms with Crippen LogP contribution in [-0.2, 0) is 16.0 Å². The maximum atomic E-state index is 13.3. The molecule has 3 unspecified atom stereocenters. The number of amides is 2. The average Bonchev–Trinajstić information content (AvgIpc) is 3.31. The first-order chi connectivity index (χ1) is 14.1. The second-order valence-corrected chi connectivity index (χ2v) is 8.80. The zero-order chi connectivity index (χ0) is 20.2. The number of hydrogen-bond acceptors (Lipinski definition) is 4. The van der Waals surface area contributed by atoms with E-state index in [4.69, 9.17) is 0 Å². The first-order valence-corrected chi connectivity index (χ1v) is 11.3. The summed E-state index contributed by atoms with van der Waals surface area (Å²) in [6.45, 7) is 6.33. The first kappa shape index (κ1) is 20.4. The predicted molar refractivity (Wildman–Crippen MR) is 115 cm³/mol. The second kappa shape index (κ2) is 9.26. The number of nitrogens with zero attached hydrogens (tertiary/aromatic N) is 2. The highest BCUT2D eigenvalue weighted by molar-refractivity contribution is 5.98. The van der Waals surface area contributed by atoms with Crippen LogP contribution in [0, 0.1) is 5.92 Å². The number of nitrogens with one attached hydrogen (secondary N) is 2. The molecule has 0 aliphatic carbocycles. The maximum Gasteiger partial charge on any atom is 0.244 e. The van der Waals surface area contributed by atoms with Gasteiger partial charge in [-0.05, 0) is 76.1 Å². The van der Waals surface area contributed by atoms with Crippen molar-refractivity contribution in [2.24, 2.45) is 5.92 Å². The zero-order valence-corrected chi connectivity index (χ0v) is 17.5. The van der Waals surface area contributed by atoms with E-state index in [2.05, 4.69) is 33.7 Å². The third-order valence-corrected chi connectivity index (χ3v) is 6.77. The molecule has 0 bridgehead atoms. The number of anilines is 1. The van der Waals surface area contributed by atoms with Crippen LogP contribution in [0.3, 0.4) is 0 Å². The van der Waals surface area contributed by atoms with E-state index in [0.29, 0.717) is 12.5 Å². The minimum absolute atomic E-state index is 0.0191. The van der Waals surface area contributed by atoms with Gasteiger partial charge in [0.1, 0.15) is 0 Å². The van der Waals surface area contributed by atoms with Crippen molar-refractivity contribution in [1.29, 1.82) is 0 Å². The van der Waals surface area contributed by atoms with Crippen molar-refractivity contribution in [1.82, 2.24) is 15.5 Å². The Bertz CT molecular complexity index is 731. The van der Waals surface area contributed by atoms with Gasteiger partial charge in [-0.1, -0.05) is 18.2 Å². The summed E-state index contributed by atoms with van der Waals surface area (Å²) in [5, 5.41) is 6.39. The lowest BCUT2D eigenvalue weighted by atomic mass is 9.95. The summed E-state index contributed by atoms with van der Waals surface area (Å²) < 4.78 is 0. The number of fused-ring (bicyclic) bond motifs is 1. The van der Waals surface area contributed by atoms with Gasteiger partial charge in [0.05, 0.1) is 12.1 Å². The fraction of sp³-hybridized carbons (Fsp3) is 0.652. The predicted octanol–water partition coefficient (Wildman–Crippen LogP) is 1.93. The molecule has 2 amide bonds. The molecule has 1 aromatic rings. The number of carbonyl (C=O) groups is 2. The Morgan fingerprint density at radius 1 is 1.17 bits per heavy atom. The van der Waals surface area contributed by atoms with E-state index in [-0.39, 0.29) is 23.9 Å². The van der Waals surface area contributed by atoms with Gasteiger partial charge in [0.2, 0.25) is 11.8 Å². The molecule has 2 saturated heterocycles. The lowest BCUT2D eigenvalue weighted by Gasteiger charge is -2.39. The molecule has 4 rings (SSSR count). The van der Waals surface area contributed by atoms with E-state index in [0.717, 1.165) is 70.4 Å². The third kappa shape index (κ3) is 4.64. The van der Waals surface area contributed by atoms with E-state index in [1.807, 2.05) is 17.9 Å². The summed E-state index contributed by atoms with van der Waals surface area (Å²) in [6.07, 6.45) is 6.29. The SMILES string of the molecule is CC(C(=O)N1CCCc2ccccc21)N1CCCC(CNC(=O)C2CCCN2)C1. The quantitative estimate of drug-likeness (QED) is 0.796. The maximum absolute atomic E-state index is 13.3. The molecule has 3 atom stereocenters. The molecule has 3 aliphatic rings. The van der Waals surface area contributed by atoms with Crippen LogP contribution in [0.1, 0.15) is 44.6 Å². The molecular formula is C23H34N4O2. The molecule has 0 spiro atoms. The van der Waals surface area contributed by atoms with Gasteiger partial charge in [0.25, 0.3) is 0 Å². The fourth-order valence-corrected chi connectivity index (χ4v) is 5.04. The summed E-state index contributed by atoms with van der Waals surface area (Å²) in [5.41, 5.74) is 2.36. The van der Waals surface area contributed by atoms with Gasteiger partial charge < -0.3 is 15.5 Å². The molecule has 2 fully saturated rings. The summed E-state index contributed by atoms with van der Waals surface area (Å²) >= 11 is 0. The molecule has 29 heavy (non-hydrogen) atoms. The fourth-order valence-electron chi connectivity index (χ4n) is 5.04. The van der Waals surface area contributed by atoms with Gasteiger partial charge >= 0.3 is 0 Å². The molecule has 3 heterocycles. The van der Waals surface area contributed by atoms with Crippen molar-refractivity contribution in [3.05, 3.63) is 29.8 Å². The van der Waals surface area contributed by atoms with Crippen LogP contribution in [0.25, 0.3) is 0 Å². The number of likely N-dealkylation sites (tertiary alicyclic amines) is 1. The molecule has 3 aliphatic heterocycles. The highest BCUT2D eigenvalue weighted by atomic mass is 16.2. The number of rotatable bonds is 5. The summed E-state index contributed by atoms with van der Waals surface area (Å²) in [6, 6.07) is 8.14. The van der Waals surface area contributed by atoms with Crippen LogP contribution in [0.2, 0.25) is 0 Å². The summed E-state index contributed by atoms with van der Waals surface area (Å²) in [4.78, 5) is 29.9. The Labute approximate surface area is 174 Å². The van der Waals surface area contributed by atoms with Crippen LogP contribution in [0.5, 0.6) is 0 Å². The Hall–Kier alpha value is -1.92. The van der Waals surface area contributed by atoms with Gasteiger partial charge in [-0.15, -0.1) is 0 Å². The van der Waals surface area contributed by atoms with E-state index >= 15 is 0 Å². The Morgan fingerprint density at radius 2 is 2.03 bits per heavy atom. The van der Waals surface area contributed by atoms with Crippen LogP contribution in [0.4, 0.5) is 5.69 Å². The van der Waals surface area contributed by atoms with Gasteiger partial charge in [-0.2, -0.15) is 0 Å². The van der Waals surface area contributed by atoms with E-state index < -0.39 is 0 Å². The van der Waals surface area contributed by atoms with Crippen LogP contribution >= 0.6 is 0 Å². The molecule has 0 saturated carbocycles. The third-order valence-electron chi connectivity index (χ3n) is 6.77. The zero-order valence-electron chi connectivity index (χ0n) is 17.5. The topological polar surface area (TPSA) is 64.7 Å². The normalized spacial score (nSPS) is 26.0. The van der Waals surface area contributed by atoms with Gasteiger partial charge in [-0.25, -0.2) is 0 Å². The largest absolute Gasteiger partial charge is 0.354 e. The Kier molecular flexibility index (Phi) is 6.50. The van der Waals surface area contributed by atoms with E-state index in [1.54, 1.807) is 0 Å². The number of benzene rings is 1. The monoisotopic (exact) mass is 398 g/mol. The number of piperidine rings is 1.